The normalized spacial score (nSPS) is 9.56. The Bertz CT molecular complexity index is 437. The van der Waals surface area contributed by atoms with Crippen LogP contribution in [0.5, 0.6) is 0 Å². The number of nitrogens with zero attached hydrogens (tertiary/aromatic N) is 3. The molecule has 0 radical (unpaired) electrons. The SMILES string of the molecule is CCCN(C)c1ccc(C#N)c([N+](=O)[O-])c1. The smallest absolute Gasteiger partial charge is 0.289 e. The van der Waals surface area contributed by atoms with Crippen molar-refractivity contribution in [3.8, 4) is 6.07 Å². The average Bonchev–Trinajstić information content (AvgIpc) is 2.28. The highest BCUT2D eigenvalue weighted by Crippen LogP contribution is 2.24. The van der Waals surface area contributed by atoms with Crippen LogP contribution in [-0.2, 0) is 0 Å². The van der Waals surface area contributed by atoms with E-state index in [1.807, 2.05) is 24.9 Å². The van der Waals surface area contributed by atoms with E-state index in [4.69, 9.17) is 5.26 Å². The lowest BCUT2D eigenvalue weighted by molar-refractivity contribution is -0.385. The first-order valence-corrected chi connectivity index (χ1v) is 4.99. The van der Waals surface area contributed by atoms with Crippen LogP contribution in [0.4, 0.5) is 11.4 Å². The number of anilines is 1. The molecule has 0 saturated carbocycles. The summed E-state index contributed by atoms with van der Waals surface area (Å²) in [6.45, 7) is 2.86. The van der Waals surface area contributed by atoms with Gasteiger partial charge < -0.3 is 4.90 Å². The summed E-state index contributed by atoms with van der Waals surface area (Å²) in [6.07, 6.45) is 0.963. The van der Waals surface area contributed by atoms with E-state index in [0.717, 1.165) is 18.7 Å². The van der Waals surface area contributed by atoms with E-state index in [1.165, 1.54) is 12.1 Å². The van der Waals surface area contributed by atoms with Crippen molar-refractivity contribution in [1.29, 1.82) is 5.26 Å². The third kappa shape index (κ3) is 2.48. The van der Waals surface area contributed by atoms with Gasteiger partial charge in [0.15, 0.2) is 0 Å². The Kier molecular flexibility index (Phi) is 3.84. The molecule has 0 fully saturated rings. The van der Waals surface area contributed by atoms with Crippen LogP contribution >= 0.6 is 0 Å². The van der Waals surface area contributed by atoms with Crippen LogP contribution < -0.4 is 4.90 Å². The van der Waals surface area contributed by atoms with E-state index >= 15 is 0 Å². The van der Waals surface area contributed by atoms with Gasteiger partial charge in [0.2, 0.25) is 0 Å². The molecule has 5 nitrogen and oxygen atoms in total. The molecule has 16 heavy (non-hydrogen) atoms. The molecule has 0 N–H and O–H groups in total. The Morgan fingerprint density at radius 3 is 2.75 bits per heavy atom. The van der Waals surface area contributed by atoms with Gasteiger partial charge in [-0.05, 0) is 18.6 Å². The first kappa shape index (κ1) is 12.0. The van der Waals surface area contributed by atoms with Crippen molar-refractivity contribution < 1.29 is 4.92 Å². The quantitative estimate of drug-likeness (QED) is 0.575. The zero-order valence-corrected chi connectivity index (χ0v) is 9.30. The molecule has 84 valence electrons. The standard InChI is InChI=1S/C11H13N3O2/c1-3-6-13(2)10-5-4-9(8-12)11(7-10)14(15)16/h4-5,7H,3,6H2,1-2H3. The summed E-state index contributed by atoms with van der Waals surface area (Å²) in [5.74, 6) is 0. The van der Waals surface area contributed by atoms with Gasteiger partial charge in [-0.1, -0.05) is 6.92 Å². The minimum absolute atomic E-state index is 0.0960. The van der Waals surface area contributed by atoms with E-state index in [0.29, 0.717) is 0 Å². The van der Waals surface area contributed by atoms with Crippen molar-refractivity contribution in [2.75, 3.05) is 18.5 Å². The molecule has 0 unspecified atom stereocenters. The minimum atomic E-state index is -0.526. The minimum Gasteiger partial charge on any atom is -0.374 e. The van der Waals surface area contributed by atoms with Crippen molar-refractivity contribution in [1.82, 2.24) is 0 Å². The number of hydrogen-bond donors (Lipinski definition) is 0. The molecule has 0 heterocycles. The Morgan fingerprint density at radius 2 is 2.25 bits per heavy atom. The van der Waals surface area contributed by atoms with Gasteiger partial charge in [-0.15, -0.1) is 0 Å². The number of hydrogen-bond acceptors (Lipinski definition) is 4. The van der Waals surface area contributed by atoms with E-state index in [-0.39, 0.29) is 11.3 Å². The fourth-order valence-corrected chi connectivity index (χ4v) is 1.47. The fourth-order valence-electron chi connectivity index (χ4n) is 1.47. The van der Waals surface area contributed by atoms with Crippen molar-refractivity contribution in [3.05, 3.63) is 33.9 Å². The molecule has 1 aromatic rings. The van der Waals surface area contributed by atoms with Crippen LogP contribution in [0.1, 0.15) is 18.9 Å². The molecule has 0 atom stereocenters. The largest absolute Gasteiger partial charge is 0.374 e. The zero-order chi connectivity index (χ0) is 12.1. The Morgan fingerprint density at radius 1 is 1.56 bits per heavy atom. The highest BCUT2D eigenvalue weighted by atomic mass is 16.6. The van der Waals surface area contributed by atoms with Crippen LogP contribution in [0.15, 0.2) is 18.2 Å². The maximum atomic E-state index is 10.7. The van der Waals surface area contributed by atoms with Crippen LogP contribution in [0.3, 0.4) is 0 Å². The van der Waals surface area contributed by atoms with Gasteiger partial charge in [-0.25, -0.2) is 0 Å². The van der Waals surface area contributed by atoms with Gasteiger partial charge in [-0.3, -0.25) is 10.1 Å². The number of benzene rings is 1. The van der Waals surface area contributed by atoms with E-state index < -0.39 is 4.92 Å². The predicted molar refractivity (Wildman–Crippen MR) is 61.4 cm³/mol. The molecule has 0 aliphatic rings. The molecule has 5 heteroatoms. The molecule has 0 amide bonds. The molecule has 1 aromatic carbocycles. The van der Waals surface area contributed by atoms with Crippen LogP contribution in [0, 0.1) is 21.4 Å². The van der Waals surface area contributed by atoms with Gasteiger partial charge in [0, 0.05) is 25.3 Å². The second kappa shape index (κ2) is 5.12. The molecule has 0 spiro atoms. The number of nitro groups is 1. The van der Waals surface area contributed by atoms with Crippen molar-refractivity contribution in [2.24, 2.45) is 0 Å². The van der Waals surface area contributed by atoms with Gasteiger partial charge in [0.1, 0.15) is 11.6 Å². The van der Waals surface area contributed by atoms with Crippen molar-refractivity contribution >= 4 is 11.4 Å². The molecule has 0 aliphatic carbocycles. The maximum Gasteiger partial charge on any atom is 0.289 e. The molecular formula is C11H13N3O2. The summed E-state index contributed by atoms with van der Waals surface area (Å²) < 4.78 is 0. The maximum absolute atomic E-state index is 10.7. The molecule has 0 bridgehead atoms. The lowest BCUT2D eigenvalue weighted by Crippen LogP contribution is -2.17. The van der Waals surface area contributed by atoms with Gasteiger partial charge >= 0.3 is 0 Å². The van der Waals surface area contributed by atoms with Crippen LogP contribution in [-0.4, -0.2) is 18.5 Å². The first-order valence-electron chi connectivity index (χ1n) is 4.99. The fraction of sp³-hybridized carbons (Fsp3) is 0.364. The zero-order valence-electron chi connectivity index (χ0n) is 9.30. The Balaban J connectivity index is 3.13. The van der Waals surface area contributed by atoms with Gasteiger partial charge in [0.05, 0.1) is 4.92 Å². The lowest BCUT2D eigenvalue weighted by atomic mass is 10.1. The Labute approximate surface area is 94.1 Å². The summed E-state index contributed by atoms with van der Waals surface area (Å²) in [6, 6.07) is 6.46. The highest BCUT2D eigenvalue weighted by molar-refractivity contribution is 5.59. The van der Waals surface area contributed by atoms with E-state index in [9.17, 15) is 10.1 Å². The Hall–Kier alpha value is -2.09. The monoisotopic (exact) mass is 219 g/mol. The summed E-state index contributed by atoms with van der Waals surface area (Å²) in [5.41, 5.74) is 0.717. The lowest BCUT2D eigenvalue weighted by Gasteiger charge is -2.17. The van der Waals surface area contributed by atoms with Crippen LogP contribution in [0.25, 0.3) is 0 Å². The van der Waals surface area contributed by atoms with Gasteiger partial charge in [0.25, 0.3) is 5.69 Å². The predicted octanol–water partition coefficient (Wildman–Crippen LogP) is 2.31. The van der Waals surface area contributed by atoms with E-state index in [2.05, 4.69) is 0 Å². The molecular weight excluding hydrogens is 206 g/mol. The third-order valence-electron chi connectivity index (χ3n) is 2.30. The third-order valence-corrected chi connectivity index (χ3v) is 2.30. The van der Waals surface area contributed by atoms with Crippen molar-refractivity contribution in [3.63, 3.8) is 0 Å². The highest BCUT2D eigenvalue weighted by Gasteiger charge is 2.15. The number of nitro benzene ring substituents is 1. The van der Waals surface area contributed by atoms with Crippen molar-refractivity contribution in [2.45, 2.75) is 13.3 Å². The molecule has 0 aromatic heterocycles. The van der Waals surface area contributed by atoms with Crippen LogP contribution in [0.2, 0.25) is 0 Å². The first-order chi connectivity index (χ1) is 7.60. The number of rotatable bonds is 4. The van der Waals surface area contributed by atoms with Gasteiger partial charge in [-0.2, -0.15) is 5.26 Å². The summed E-state index contributed by atoms with van der Waals surface area (Å²) >= 11 is 0. The second-order valence-electron chi connectivity index (χ2n) is 3.49. The summed E-state index contributed by atoms with van der Waals surface area (Å²) in [7, 11) is 1.87. The topological polar surface area (TPSA) is 70.2 Å². The molecule has 0 saturated heterocycles. The summed E-state index contributed by atoms with van der Waals surface area (Å²) in [5, 5.41) is 19.5. The average molecular weight is 219 g/mol. The molecule has 0 aliphatic heterocycles. The molecule has 1 rings (SSSR count). The van der Waals surface area contributed by atoms with E-state index in [1.54, 1.807) is 6.07 Å². The second-order valence-corrected chi connectivity index (χ2v) is 3.49. The number of nitriles is 1. The summed E-state index contributed by atoms with van der Waals surface area (Å²) in [4.78, 5) is 12.1.